The van der Waals surface area contributed by atoms with Crippen molar-refractivity contribution in [3.63, 3.8) is 0 Å². The van der Waals surface area contributed by atoms with Gasteiger partial charge in [-0.1, -0.05) is 53.5 Å². The molecule has 0 unspecified atom stereocenters. The highest BCUT2D eigenvalue weighted by molar-refractivity contribution is 6.31. The number of carbonyl (C=O) groups is 1. The van der Waals surface area contributed by atoms with E-state index in [1.54, 1.807) is 36.4 Å². The van der Waals surface area contributed by atoms with Gasteiger partial charge in [0.05, 0.1) is 6.26 Å². The maximum Gasteiger partial charge on any atom is 0.274 e. The molecule has 4 aromatic rings. The van der Waals surface area contributed by atoms with Gasteiger partial charge in [0.15, 0.2) is 5.76 Å². The number of hydrogen-bond acceptors (Lipinski definition) is 5. The number of nitrogens with one attached hydrogen (secondary N) is 1. The summed E-state index contributed by atoms with van der Waals surface area (Å²) in [4.78, 5) is 17.2. The number of halogens is 2. The SMILES string of the molecule is O=C(C=Cc1ccc(Cl)cc1)n1nc(-c2ccco2)nc1NCc1ccccc1Cl. The Labute approximate surface area is 182 Å². The number of benzene rings is 2. The first-order chi connectivity index (χ1) is 14.6. The lowest BCUT2D eigenvalue weighted by Crippen LogP contribution is -2.14. The molecule has 0 bridgehead atoms. The van der Waals surface area contributed by atoms with E-state index in [0.29, 0.717) is 28.2 Å². The van der Waals surface area contributed by atoms with Gasteiger partial charge < -0.3 is 9.73 Å². The lowest BCUT2D eigenvalue weighted by atomic mass is 10.2. The number of anilines is 1. The van der Waals surface area contributed by atoms with Crippen LogP contribution in [-0.4, -0.2) is 20.7 Å². The molecule has 0 aliphatic rings. The van der Waals surface area contributed by atoms with E-state index in [0.717, 1.165) is 11.1 Å². The summed E-state index contributed by atoms with van der Waals surface area (Å²) in [6.45, 7) is 0.379. The fourth-order valence-corrected chi connectivity index (χ4v) is 3.05. The zero-order valence-electron chi connectivity index (χ0n) is 15.6. The molecule has 0 saturated carbocycles. The summed E-state index contributed by atoms with van der Waals surface area (Å²) in [5.74, 6) is 0.683. The third-order valence-corrected chi connectivity index (χ3v) is 4.86. The Balaban J connectivity index is 1.60. The Morgan fingerprint density at radius 1 is 1.07 bits per heavy atom. The Morgan fingerprint density at radius 3 is 2.60 bits per heavy atom. The zero-order valence-corrected chi connectivity index (χ0v) is 17.1. The standard InChI is InChI=1S/C22H16Cl2N4O2/c23-17-10-7-15(8-11-17)9-12-20(29)28-22(25-14-16-4-1-2-5-18(16)24)26-21(27-28)19-6-3-13-30-19/h1-13H,14H2,(H,25,26,27). The molecule has 30 heavy (non-hydrogen) atoms. The molecule has 0 saturated heterocycles. The van der Waals surface area contributed by atoms with Gasteiger partial charge in [0.1, 0.15) is 0 Å². The topological polar surface area (TPSA) is 73.0 Å². The number of carbonyl (C=O) groups excluding carboxylic acids is 1. The highest BCUT2D eigenvalue weighted by Gasteiger charge is 2.17. The monoisotopic (exact) mass is 438 g/mol. The molecule has 2 aromatic heterocycles. The summed E-state index contributed by atoms with van der Waals surface area (Å²) < 4.78 is 6.56. The fourth-order valence-electron chi connectivity index (χ4n) is 2.72. The van der Waals surface area contributed by atoms with E-state index >= 15 is 0 Å². The van der Waals surface area contributed by atoms with Gasteiger partial charge in [-0.15, -0.1) is 5.10 Å². The van der Waals surface area contributed by atoms with Crippen molar-refractivity contribution < 1.29 is 9.21 Å². The van der Waals surface area contributed by atoms with Crippen LogP contribution in [0.25, 0.3) is 17.7 Å². The predicted molar refractivity (Wildman–Crippen MR) is 118 cm³/mol. The minimum atomic E-state index is -0.364. The molecule has 0 aliphatic heterocycles. The molecule has 4 rings (SSSR count). The van der Waals surface area contributed by atoms with E-state index in [4.69, 9.17) is 27.6 Å². The maximum absolute atomic E-state index is 12.8. The van der Waals surface area contributed by atoms with Crippen LogP contribution in [-0.2, 0) is 6.54 Å². The summed E-state index contributed by atoms with van der Waals surface area (Å²) in [6.07, 6.45) is 4.63. The fraction of sp³-hybridized carbons (Fsp3) is 0.0455. The molecule has 6 nitrogen and oxygen atoms in total. The first-order valence-corrected chi connectivity index (χ1v) is 9.82. The molecule has 0 amide bonds. The minimum Gasteiger partial charge on any atom is -0.461 e. The van der Waals surface area contributed by atoms with Crippen LogP contribution in [0.4, 0.5) is 5.95 Å². The average Bonchev–Trinajstić information content (AvgIpc) is 3.42. The predicted octanol–water partition coefficient (Wildman–Crippen LogP) is 5.81. The Bertz CT molecular complexity index is 1180. The second-order valence-electron chi connectivity index (χ2n) is 6.32. The van der Waals surface area contributed by atoms with Crippen LogP contribution in [0.1, 0.15) is 15.9 Å². The lowest BCUT2D eigenvalue weighted by molar-refractivity contribution is 0.0957. The van der Waals surface area contributed by atoms with Crippen LogP contribution in [0.2, 0.25) is 10.0 Å². The summed E-state index contributed by atoms with van der Waals surface area (Å²) in [7, 11) is 0. The Morgan fingerprint density at radius 2 is 1.87 bits per heavy atom. The third-order valence-electron chi connectivity index (χ3n) is 4.24. The largest absolute Gasteiger partial charge is 0.461 e. The van der Waals surface area contributed by atoms with Crippen LogP contribution >= 0.6 is 23.2 Å². The van der Waals surface area contributed by atoms with Crippen molar-refractivity contribution in [2.24, 2.45) is 0 Å². The summed E-state index contributed by atoms with van der Waals surface area (Å²) in [5.41, 5.74) is 1.71. The van der Waals surface area contributed by atoms with Crippen molar-refractivity contribution in [1.29, 1.82) is 0 Å². The number of furan rings is 1. The highest BCUT2D eigenvalue weighted by Crippen LogP contribution is 2.21. The van der Waals surface area contributed by atoms with E-state index in [1.807, 2.05) is 30.3 Å². The van der Waals surface area contributed by atoms with Crippen LogP contribution in [0.5, 0.6) is 0 Å². The zero-order chi connectivity index (χ0) is 20.9. The normalized spacial score (nSPS) is 11.1. The molecular weight excluding hydrogens is 423 g/mol. The summed E-state index contributed by atoms with van der Waals surface area (Å²) in [6, 6.07) is 18.1. The van der Waals surface area contributed by atoms with Crippen molar-refractivity contribution in [3.8, 4) is 11.6 Å². The van der Waals surface area contributed by atoms with Gasteiger partial charge in [0.25, 0.3) is 5.91 Å². The van der Waals surface area contributed by atoms with E-state index in [1.165, 1.54) is 17.0 Å². The minimum absolute atomic E-state index is 0.284. The molecule has 8 heteroatoms. The van der Waals surface area contributed by atoms with E-state index in [9.17, 15) is 4.79 Å². The smallest absolute Gasteiger partial charge is 0.274 e. The van der Waals surface area contributed by atoms with Gasteiger partial charge in [0, 0.05) is 22.7 Å². The molecule has 0 aliphatic carbocycles. The first-order valence-electron chi connectivity index (χ1n) is 9.06. The van der Waals surface area contributed by atoms with Crippen LogP contribution < -0.4 is 5.32 Å². The molecule has 2 heterocycles. The molecule has 2 aromatic carbocycles. The maximum atomic E-state index is 12.8. The second-order valence-corrected chi connectivity index (χ2v) is 7.16. The highest BCUT2D eigenvalue weighted by atomic mass is 35.5. The van der Waals surface area contributed by atoms with Gasteiger partial charge >= 0.3 is 0 Å². The van der Waals surface area contributed by atoms with Crippen LogP contribution in [0.15, 0.2) is 77.4 Å². The van der Waals surface area contributed by atoms with Crippen LogP contribution in [0.3, 0.4) is 0 Å². The van der Waals surface area contributed by atoms with Gasteiger partial charge in [-0.3, -0.25) is 4.79 Å². The van der Waals surface area contributed by atoms with Crippen molar-refractivity contribution in [2.45, 2.75) is 6.54 Å². The van der Waals surface area contributed by atoms with Gasteiger partial charge in [-0.05, 0) is 47.5 Å². The number of aromatic nitrogens is 3. The molecule has 0 spiro atoms. The molecule has 1 N–H and O–H groups in total. The van der Waals surface area contributed by atoms with E-state index in [-0.39, 0.29) is 11.9 Å². The van der Waals surface area contributed by atoms with Gasteiger partial charge in [-0.2, -0.15) is 9.67 Å². The number of hydrogen-bond donors (Lipinski definition) is 1. The van der Waals surface area contributed by atoms with Crippen LogP contribution in [0, 0.1) is 0 Å². The quantitative estimate of drug-likeness (QED) is 0.384. The Hall–Kier alpha value is -3.35. The average molecular weight is 439 g/mol. The van der Waals surface area contributed by atoms with Crippen molar-refractivity contribution in [1.82, 2.24) is 14.8 Å². The molecule has 150 valence electrons. The van der Waals surface area contributed by atoms with E-state index in [2.05, 4.69) is 15.4 Å². The summed E-state index contributed by atoms with van der Waals surface area (Å²) in [5, 5.41) is 8.69. The Kier molecular flexibility index (Phi) is 5.97. The van der Waals surface area contributed by atoms with Crippen molar-refractivity contribution in [3.05, 3.63) is 94.2 Å². The number of rotatable bonds is 6. The van der Waals surface area contributed by atoms with Crippen molar-refractivity contribution in [2.75, 3.05) is 5.32 Å². The van der Waals surface area contributed by atoms with Crippen molar-refractivity contribution >= 4 is 41.1 Å². The molecule has 0 fully saturated rings. The van der Waals surface area contributed by atoms with E-state index < -0.39 is 0 Å². The lowest BCUT2D eigenvalue weighted by Gasteiger charge is -2.07. The number of nitrogens with zero attached hydrogens (tertiary/aromatic N) is 3. The number of allylic oxidation sites excluding steroid dienone is 1. The molecule has 0 atom stereocenters. The van der Waals surface area contributed by atoms with Gasteiger partial charge in [-0.25, -0.2) is 0 Å². The first kappa shape index (κ1) is 19.9. The second kappa shape index (κ2) is 8.98. The van der Waals surface area contributed by atoms with Gasteiger partial charge in [0.2, 0.25) is 11.8 Å². The molecular formula is C22H16Cl2N4O2. The molecule has 0 radical (unpaired) electrons. The summed E-state index contributed by atoms with van der Waals surface area (Å²) >= 11 is 12.1. The third kappa shape index (κ3) is 4.62.